The van der Waals surface area contributed by atoms with Crippen molar-refractivity contribution in [3.05, 3.63) is 48.9 Å². The zero-order valence-electron chi connectivity index (χ0n) is 8.70. The quantitative estimate of drug-likeness (QED) is 0.643. The van der Waals surface area contributed by atoms with Crippen LogP contribution in [-0.2, 0) is 0 Å². The van der Waals surface area contributed by atoms with Gasteiger partial charge in [0.1, 0.15) is 12.4 Å². The summed E-state index contributed by atoms with van der Waals surface area (Å²) in [6, 6.07) is 7.79. The van der Waals surface area contributed by atoms with Crippen molar-refractivity contribution in [3.63, 3.8) is 0 Å². The van der Waals surface area contributed by atoms with Crippen molar-refractivity contribution in [2.75, 3.05) is 6.61 Å². The standard InChI is InChI=1S/C13H17O/c1-3-4-5-6-10-14-13-9-7-8-12(2)11-13/h5-9,11H,2-4,10H2,1H3. The number of rotatable bonds is 5. The molecule has 0 spiro atoms. The molecule has 0 aliphatic carbocycles. The fourth-order valence-corrected chi connectivity index (χ4v) is 1.13. The number of benzene rings is 1. The third kappa shape index (κ3) is 4.13. The van der Waals surface area contributed by atoms with Gasteiger partial charge in [-0.15, -0.1) is 0 Å². The molecular formula is C13H17O. The van der Waals surface area contributed by atoms with Crippen molar-refractivity contribution in [1.82, 2.24) is 0 Å². The molecule has 0 amide bonds. The Morgan fingerprint density at radius 2 is 2.21 bits per heavy atom. The summed E-state index contributed by atoms with van der Waals surface area (Å²) < 4.78 is 5.51. The van der Waals surface area contributed by atoms with Gasteiger partial charge in [0.2, 0.25) is 0 Å². The molecule has 0 atom stereocenters. The van der Waals surface area contributed by atoms with E-state index in [0.717, 1.165) is 17.7 Å². The van der Waals surface area contributed by atoms with E-state index < -0.39 is 0 Å². The monoisotopic (exact) mass is 189 g/mol. The molecule has 0 saturated heterocycles. The largest absolute Gasteiger partial charge is 0.490 e. The Balaban J connectivity index is 2.31. The van der Waals surface area contributed by atoms with Crippen LogP contribution in [0.15, 0.2) is 36.4 Å². The van der Waals surface area contributed by atoms with E-state index in [9.17, 15) is 0 Å². The van der Waals surface area contributed by atoms with Gasteiger partial charge in [-0.05, 0) is 31.0 Å². The van der Waals surface area contributed by atoms with Crippen molar-refractivity contribution < 1.29 is 4.74 Å². The van der Waals surface area contributed by atoms with Gasteiger partial charge in [0.25, 0.3) is 0 Å². The summed E-state index contributed by atoms with van der Waals surface area (Å²) in [5.41, 5.74) is 0.986. The van der Waals surface area contributed by atoms with Gasteiger partial charge >= 0.3 is 0 Å². The Morgan fingerprint density at radius 1 is 1.36 bits per heavy atom. The van der Waals surface area contributed by atoms with Gasteiger partial charge in [-0.3, -0.25) is 0 Å². The molecule has 1 heteroatoms. The molecule has 1 nitrogen and oxygen atoms in total. The molecule has 0 aromatic heterocycles. The molecule has 0 fully saturated rings. The SMILES string of the molecule is [CH2]c1cccc(OCC=CCCC)c1. The highest BCUT2D eigenvalue weighted by Gasteiger charge is 1.90. The Kier molecular flexibility index (Phi) is 4.84. The maximum atomic E-state index is 5.51. The lowest BCUT2D eigenvalue weighted by molar-refractivity contribution is 0.362. The summed E-state index contributed by atoms with van der Waals surface area (Å²) in [5.74, 6) is 0.888. The minimum absolute atomic E-state index is 0.642. The second-order valence-corrected chi connectivity index (χ2v) is 3.22. The van der Waals surface area contributed by atoms with Gasteiger partial charge in [0, 0.05) is 0 Å². The highest BCUT2D eigenvalue weighted by Crippen LogP contribution is 2.11. The Labute approximate surface area is 86.4 Å². The van der Waals surface area contributed by atoms with Gasteiger partial charge in [-0.25, -0.2) is 0 Å². The van der Waals surface area contributed by atoms with E-state index >= 15 is 0 Å². The molecule has 0 heterocycles. The van der Waals surface area contributed by atoms with Crippen molar-refractivity contribution >= 4 is 0 Å². The molecule has 0 aliphatic rings. The zero-order valence-corrected chi connectivity index (χ0v) is 8.70. The zero-order chi connectivity index (χ0) is 10.2. The molecule has 14 heavy (non-hydrogen) atoms. The minimum Gasteiger partial charge on any atom is -0.490 e. The van der Waals surface area contributed by atoms with Crippen LogP contribution >= 0.6 is 0 Å². The normalized spacial score (nSPS) is 10.7. The Hall–Kier alpha value is -1.24. The smallest absolute Gasteiger partial charge is 0.120 e. The summed E-state index contributed by atoms with van der Waals surface area (Å²) in [6.45, 7) is 6.65. The second kappa shape index (κ2) is 6.25. The van der Waals surface area contributed by atoms with Crippen molar-refractivity contribution in [2.45, 2.75) is 19.8 Å². The van der Waals surface area contributed by atoms with Crippen LogP contribution in [0.1, 0.15) is 25.3 Å². The summed E-state index contributed by atoms with van der Waals surface area (Å²) in [7, 11) is 0. The summed E-state index contributed by atoms with van der Waals surface area (Å²) in [4.78, 5) is 0. The van der Waals surface area contributed by atoms with Crippen LogP contribution in [-0.4, -0.2) is 6.61 Å². The first-order valence-corrected chi connectivity index (χ1v) is 5.02. The number of ether oxygens (including phenoxy) is 1. The molecule has 0 aliphatic heterocycles. The molecular weight excluding hydrogens is 172 g/mol. The molecule has 0 bridgehead atoms. The average molecular weight is 189 g/mol. The summed E-state index contributed by atoms with van der Waals surface area (Å²) in [5, 5.41) is 0. The third-order valence-corrected chi connectivity index (χ3v) is 1.87. The number of allylic oxidation sites excluding steroid dienone is 1. The number of unbranched alkanes of at least 4 members (excludes halogenated alkanes) is 1. The second-order valence-electron chi connectivity index (χ2n) is 3.22. The topological polar surface area (TPSA) is 9.23 Å². The number of hydrogen-bond acceptors (Lipinski definition) is 1. The van der Waals surface area contributed by atoms with Crippen LogP contribution in [0.25, 0.3) is 0 Å². The van der Waals surface area contributed by atoms with Crippen molar-refractivity contribution in [3.8, 4) is 5.75 Å². The highest BCUT2D eigenvalue weighted by molar-refractivity contribution is 5.30. The minimum atomic E-state index is 0.642. The number of hydrogen-bond donors (Lipinski definition) is 0. The molecule has 1 aromatic rings. The van der Waals surface area contributed by atoms with Crippen LogP contribution in [0.4, 0.5) is 0 Å². The first kappa shape index (κ1) is 10.8. The maximum absolute atomic E-state index is 5.51. The van der Waals surface area contributed by atoms with Gasteiger partial charge < -0.3 is 4.74 Å². The van der Waals surface area contributed by atoms with Crippen LogP contribution in [0.2, 0.25) is 0 Å². The lowest BCUT2D eigenvalue weighted by Crippen LogP contribution is -1.93. The Bertz CT molecular complexity index is 289. The van der Waals surface area contributed by atoms with E-state index in [-0.39, 0.29) is 0 Å². The molecule has 1 radical (unpaired) electrons. The third-order valence-electron chi connectivity index (χ3n) is 1.87. The van der Waals surface area contributed by atoms with Gasteiger partial charge in [-0.1, -0.05) is 37.6 Å². The summed E-state index contributed by atoms with van der Waals surface area (Å²) in [6.07, 6.45) is 6.51. The van der Waals surface area contributed by atoms with Crippen LogP contribution in [0.3, 0.4) is 0 Å². The van der Waals surface area contributed by atoms with E-state index in [0.29, 0.717) is 6.61 Å². The first-order chi connectivity index (χ1) is 6.83. The molecule has 0 unspecified atom stereocenters. The highest BCUT2D eigenvalue weighted by atomic mass is 16.5. The fraction of sp³-hybridized carbons (Fsp3) is 0.308. The molecule has 75 valence electrons. The van der Waals surface area contributed by atoms with Gasteiger partial charge in [-0.2, -0.15) is 0 Å². The fourth-order valence-electron chi connectivity index (χ4n) is 1.13. The van der Waals surface area contributed by atoms with Crippen molar-refractivity contribution in [1.29, 1.82) is 0 Å². The van der Waals surface area contributed by atoms with Crippen LogP contribution < -0.4 is 4.74 Å². The predicted molar refractivity (Wildman–Crippen MR) is 60.4 cm³/mol. The first-order valence-electron chi connectivity index (χ1n) is 5.02. The van der Waals surface area contributed by atoms with E-state index in [4.69, 9.17) is 4.74 Å². The van der Waals surface area contributed by atoms with Crippen LogP contribution in [0.5, 0.6) is 5.75 Å². The molecule has 1 aromatic carbocycles. The molecule has 1 rings (SSSR count). The van der Waals surface area contributed by atoms with Gasteiger partial charge in [0.05, 0.1) is 0 Å². The van der Waals surface area contributed by atoms with E-state index in [1.807, 2.05) is 24.3 Å². The van der Waals surface area contributed by atoms with Crippen LogP contribution in [0, 0.1) is 6.92 Å². The van der Waals surface area contributed by atoms with Gasteiger partial charge in [0.15, 0.2) is 0 Å². The average Bonchev–Trinajstić information content (AvgIpc) is 2.18. The molecule has 0 saturated carbocycles. The van der Waals surface area contributed by atoms with E-state index in [2.05, 4.69) is 26.0 Å². The lowest BCUT2D eigenvalue weighted by Gasteiger charge is -2.03. The van der Waals surface area contributed by atoms with E-state index in [1.54, 1.807) is 0 Å². The Morgan fingerprint density at radius 3 is 2.93 bits per heavy atom. The predicted octanol–water partition coefficient (Wildman–Crippen LogP) is 3.60. The lowest BCUT2D eigenvalue weighted by atomic mass is 10.2. The maximum Gasteiger partial charge on any atom is 0.120 e. The molecule has 0 N–H and O–H groups in total. The van der Waals surface area contributed by atoms with Crippen molar-refractivity contribution in [2.24, 2.45) is 0 Å². The summed E-state index contributed by atoms with van der Waals surface area (Å²) >= 11 is 0. The van der Waals surface area contributed by atoms with E-state index in [1.165, 1.54) is 6.42 Å².